The maximum Gasteiger partial charge on any atom is 0.308 e. The average Bonchev–Trinajstić information content (AvgIpc) is 2.82. The number of nitrogens with zero attached hydrogens (tertiary/aromatic N) is 3. The second-order valence-electron chi connectivity index (χ2n) is 4.50. The summed E-state index contributed by atoms with van der Waals surface area (Å²) in [5.41, 5.74) is 3.10. The van der Waals surface area contributed by atoms with Crippen molar-refractivity contribution in [1.29, 1.82) is 0 Å². The third-order valence-corrected chi connectivity index (χ3v) is 3.40. The number of imidazole rings is 1. The Morgan fingerprint density at radius 1 is 1.39 bits per heavy atom. The van der Waals surface area contributed by atoms with Crippen LogP contribution in [0.15, 0.2) is 30.9 Å². The lowest BCUT2D eigenvalue weighted by molar-refractivity contribution is -0.142. The smallest absolute Gasteiger partial charge is 0.308 e. The SMILES string of the molecule is O=C(O)C1CCc2c(-c3ccncc3)ncn2C1. The summed E-state index contributed by atoms with van der Waals surface area (Å²) in [6, 6.07) is 3.85. The van der Waals surface area contributed by atoms with E-state index in [-0.39, 0.29) is 5.92 Å². The molecule has 0 aromatic carbocycles. The molecule has 0 radical (unpaired) electrons. The molecular formula is C13H13N3O2. The zero-order valence-electron chi connectivity index (χ0n) is 9.78. The fraction of sp³-hybridized carbons (Fsp3) is 0.308. The Bertz CT molecular complexity index is 577. The van der Waals surface area contributed by atoms with Crippen molar-refractivity contribution >= 4 is 5.97 Å². The van der Waals surface area contributed by atoms with Gasteiger partial charge in [-0.1, -0.05) is 0 Å². The van der Waals surface area contributed by atoms with Crippen molar-refractivity contribution < 1.29 is 9.90 Å². The Morgan fingerprint density at radius 3 is 2.89 bits per heavy atom. The first-order valence-electron chi connectivity index (χ1n) is 5.93. The topological polar surface area (TPSA) is 68.0 Å². The molecule has 0 amide bonds. The third-order valence-electron chi connectivity index (χ3n) is 3.40. The molecule has 18 heavy (non-hydrogen) atoms. The Hall–Kier alpha value is -2.17. The number of aromatic nitrogens is 3. The van der Waals surface area contributed by atoms with E-state index in [1.54, 1.807) is 18.7 Å². The summed E-state index contributed by atoms with van der Waals surface area (Å²) in [5, 5.41) is 9.05. The number of rotatable bonds is 2. The highest BCUT2D eigenvalue weighted by Gasteiger charge is 2.26. The number of carboxylic acids is 1. The van der Waals surface area contributed by atoms with Crippen molar-refractivity contribution in [2.75, 3.05) is 0 Å². The second-order valence-corrected chi connectivity index (χ2v) is 4.50. The summed E-state index contributed by atoms with van der Waals surface area (Å²) in [6.45, 7) is 0.517. The van der Waals surface area contributed by atoms with Crippen molar-refractivity contribution in [1.82, 2.24) is 14.5 Å². The van der Waals surface area contributed by atoms with Gasteiger partial charge in [0.05, 0.1) is 17.9 Å². The standard InChI is InChI=1S/C13H13N3O2/c17-13(18)10-1-2-11-12(15-8-16(11)7-10)9-3-5-14-6-4-9/h3-6,8,10H,1-2,7H2,(H,17,18). The highest BCUT2D eigenvalue weighted by molar-refractivity contribution is 5.70. The molecule has 0 fully saturated rings. The lowest BCUT2D eigenvalue weighted by atomic mass is 9.96. The van der Waals surface area contributed by atoms with Crippen LogP contribution >= 0.6 is 0 Å². The third kappa shape index (κ3) is 1.77. The van der Waals surface area contributed by atoms with Crippen LogP contribution in [0.5, 0.6) is 0 Å². The van der Waals surface area contributed by atoms with Gasteiger partial charge in [0, 0.05) is 30.2 Å². The minimum Gasteiger partial charge on any atom is -0.481 e. The summed E-state index contributed by atoms with van der Waals surface area (Å²) in [5.74, 6) is -1.02. The fourth-order valence-electron chi connectivity index (χ4n) is 2.42. The van der Waals surface area contributed by atoms with Crippen LogP contribution in [0.2, 0.25) is 0 Å². The van der Waals surface area contributed by atoms with Crippen molar-refractivity contribution in [3.05, 3.63) is 36.5 Å². The predicted molar refractivity (Wildman–Crippen MR) is 64.9 cm³/mol. The number of hydrogen-bond donors (Lipinski definition) is 1. The van der Waals surface area contributed by atoms with Gasteiger partial charge in [0.15, 0.2) is 0 Å². The molecule has 1 atom stereocenters. The van der Waals surface area contributed by atoms with E-state index in [0.717, 1.165) is 23.4 Å². The van der Waals surface area contributed by atoms with E-state index in [2.05, 4.69) is 9.97 Å². The van der Waals surface area contributed by atoms with E-state index in [0.29, 0.717) is 13.0 Å². The number of aliphatic carboxylic acids is 1. The molecule has 0 bridgehead atoms. The average molecular weight is 243 g/mol. The molecule has 2 aromatic rings. The van der Waals surface area contributed by atoms with Crippen molar-refractivity contribution in [3.63, 3.8) is 0 Å². The molecule has 5 nitrogen and oxygen atoms in total. The molecule has 3 rings (SSSR count). The van der Waals surface area contributed by atoms with Crippen LogP contribution in [-0.2, 0) is 17.8 Å². The molecule has 0 spiro atoms. The Kier molecular flexibility index (Phi) is 2.59. The quantitative estimate of drug-likeness (QED) is 0.869. The lowest BCUT2D eigenvalue weighted by Gasteiger charge is -2.21. The first-order chi connectivity index (χ1) is 8.75. The molecule has 3 heterocycles. The van der Waals surface area contributed by atoms with Gasteiger partial charge in [-0.25, -0.2) is 4.98 Å². The predicted octanol–water partition coefficient (Wildman–Crippen LogP) is 1.59. The molecule has 92 valence electrons. The van der Waals surface area contributed by atoms with Gasteiger partial charge in [-0.15, -0.1) is 0 Å². The summed E-state index contributed by atoms with van der Waals surface area (Å²) >= 11 is 0. The minimum atomic E-state index is -0.722. The molecule has 0 saturated heterocycles. The molecule has 1 aliphatic heterocycles. The van der Waals surface area contributed by atoms with Gasteiger partial charge < -0.3 is 9.67 Å². The van der Waals surface area contributed by atoms with Gasteiger partial charge in [0.2, 0.25) is 0 Å². The highest BCUT2D eigenvalue weighted by Crippen LogP contribution is 2.28. The lowest BCUT2D eigenvalue weighted by Crippen LogP contribution is -2.26. The summed E-state index contributed by atoms with van der Waals surface area (Å²) in [7, 11) is 0. The first kappa shape index (κ1) is 11.0. The molecule has 1 unspecified atom stereocenters. The van der Waals surface area contributed by atoms with E-state index in [1.807, 2.05) is 16.7 Å². The van der Waals surface area contributed by atoms with Crippen LogP contribution in [-0.4, -0.2) is 25.6 Å². The number of pyridine rings is 1. The molecule has 0 aliphatic carbocycles. The van der Waals surface area contributed by atoms with Crippen LogP contribution in [0.25, 0.3) is 11.3 Å². The minimum absolute atomic E-state index is 0.294. The number of hydrogen-bond acceptors (Lipinski definition) is 3. The van der Waals surface area contributed by atoms with E-state index >= 15 is 0 Å². The van der Waals surface area contributed by atoms with Gasteiger partial charge >= 0.3 is 5.97 Å². The second kappa shape index (κ2) is 4.25. The molecular weight excluding hydrogens is 230 g/mol. The summed E-state index contributed by atoms with van der Waals surface area (Å²) in [6.07, 6.45) is 6.65. The zero-order chi connectivity index (χ0) is 12.5. The zero-order valence-corrected chi connectivity index (χ0v) is 9.78. The molecule has 1 aliphatic rings. The molecule has 5 heteroatoms. The van der Waals surface area contributed by atoms with Gasteiger partial charge in [-0.2, -0.15) is 0 Å². The van der Waals surface area contributed by atoms with Crippen LogP contribution in [0.1, 0.15) is 12.1 Å². The maximum absolute atomic E-state index is 11.0. The largest absolute Gasteiger partial charge is 0.481 e. The van der Waals surface area contributed by atoms with E-state index in [4.69, 9.17) is 5.11 Å². The van der Waals surface area contributed by atoms with Crippen LogP contribution in [0.4, 0.5) is 0 Å². The maximum atomic E-state index is 11.0. The van der Waals surface area contributed by atoms with Crippen molar-refractivity contribution in [2.45, 2.75) is 19.4 Å². The van der Waals surface area contributed by atoms with E-state index in [1.165, 1.54) is 0 Å². The van der Waals surface area contributed by atoms with E-state index < -0.39 is 5.97 Å². The Balaban J connectivity index is 1.96. The van der Waals surface area contributed by atoms with Gasteiger partial charge in [0.1, 0.15) is 0 Å². The first-order valence-corrected chi connectivity index (χ1v) is 5.93. The Labute approximate surface area is 104 Å². The monoisotopic (exact) mass is 243 g/mol. The molecule has 1 N–H and O–H groups in total. The summed E-state index contributed by atoms with van der Waals surface area (Å²) in [4.78, 5) is 19.4. The highest BCUT2D eigenvalue weighted by atomic mass is 16.4. The number of carboxylic acid groups (broad SMARTS) is 1. The van der Waals surface area contributed by atoms with Crippen LogP contribution in [0, 0.1) is 5.92 Å². The van der Waals surface area contributed by atoms with Crippen LogP contribution < -0.4 is 0 Å². The number of carbonyl (C=O) groups is 1. The van der Waals surface area contributed by atoms with Crippen molar-refractivity contribution in [3.8, 4) is 11.3 Å². The number of fused-ring (bicyclic) bond motifs is 1. The van der Waals surface area contributed by atoms with Crippen LogP contribution in [0.3, 0.4) is 0 Å². The molecule has 0 saturated carbocycles. The van der Waals surface area contributed by atoms with Crippen molar-refractivity contribution in [2.24, 2.45) is 5.92 Å². The van der Waals surface area contributed by atoms with Gasteiger partial charge in [-0.3, -0.25) is 9.78 Å². The molecule has 2 aromatic heterocycles. The summed E-state index contributed by atoms with van der Waals surface area (Å²) < 4.78 is 1.96. The van der Waals surface area contributed by atoms with Gasteiger partial charge in [0.25, 0.3) is 0 Å². The fourth-order valence-corrected chi connectivity index (χ4v) is 2.42. The Morgan fingerprint density at radius 2 is 2.17 bits per heavy atom. The normalized spacial score (nSPS) is 18.3. The van der Waals surface area contributed by atoms with E-state index in [9.17, 15) is 4.79 Å². The van der Waals surface area contributed by atoms with Gasteiger partial charge in [-0.05, 0) is 25.0 Å².